The average molecular weight is 338 g/mol. The lowest BCUT2D eigenvalue weighted by atomic mass is 10.0. The van der Waals surface area contributed by atoms with Gasteiger partial charge in [-0.2, -0.15) is 0 Å². The molecule has 24 heavy (non-hydrogen) atoms. The number of aryl methyl sites for hydroxylation is 1. The number of aromatic nitrogens is 2. The van der Waals surface area contributed by atoms with E-state index in [9.17, 15) is 23.7 Å². The van der Waals surface area contributed by atoms with Crippen molar-refractivity contribution >= 4 is 11.7 Å². The first-order valence-electron chi connectivity index (χ1n) is 7.24. The van der Waals surface area contributed by atoms with Gasteiger partial charge >= 0.3 is 5.82 Å². The zero-order valence-electron chi connectivity index (χ0n) is 13.1. The number of nitro groups is 1. The number of imidazole rings is 1. The van der Waals surface area contributed by atoms with Crippen LogP contribution in [-0.4, -0.2) is 20.4 Å². The highest BCUT2D eigenvalue weighted by Crippen LogP contribution is 2.21. The van der Waals surface area contributed by atoms with Gasteiger partial charge in [0.15, 0.2) is 0 Å². The maximum absolute atomic E-state index is 13.8. The highest BCUT2D eigenvalue weighted by molar-refractivity contribution is 5.76. The minimum Gasteiger partial charge on any atom is -0.358 e. The Hall–Kier alpha value is -2.84. The van der Waals surface area contributed by atoms with E-state index in [2.05, 4.69) is 10.3 Å². The van der Waals surface area contributed by atoms with Gasteiger partial charge < -0.3 is 15.4 Å². The lowest BCUT2D eigenvalue weighted by Gasteiger charge is -2.18. The summed E-state index contributed by atoms with van der Waals surface area (Å²) in [6.45, 7) is 3.05. The molecule has 2 rings (SSSR count). The molecule has 0 radical (unpaired) electrons. The van der Waals surface area contributed by atoms with Gasteiger partial charge in [0.2, 0.25) is 11.7 Å². The quantitative estimate of drug-likeness (QED) is 0.647. The zero-order valence-corrected chi connectivity index (χ0v) is 13.1. The van der Waals surface area contributed by atoms with Crippen molar-refractivity contribution in [3.8, 4) is 0 Å². The van der Waals surface area contributed by atoms with Crippen molar-refractivity contribution < 1.29 is 18.5 Å². The van der Waals surface area contributed by atoms with Crippen LogP contribution >= 0.6 is 0 Å². The Morgan fingerprint density at radius 1 is 1.46 bits per heavy atom. The van der Waals surface area contributed by atoms with Crippen LogP contribution in [0, 0.1) is 28.7 Å². The molecule has 1 amide bonds. The van der Waals surface area contributed by atoms with Crippen molar-refractivity contribution in [2.24, 2.45) is 0 Å². The second kappa shape index (κ2) is 7.16. The number of benzene rings is 1. The van der Waals surface area contributed by atoms with Crippen molar-refractivity contribution in [1.82, 2.24) is 14.9 Å². The van der Waals surface area contributed by atoms with E-state index in [0.717, 1.165) is 24.4 Å². The first-order valence-corrected chi connectivity index (χ1v) is 7.24. The van der Waals surface area contributed by atoms with Gasteiger partial charge in [-0.1, -0.05) is 6.92 Å². The third-order valence-electron chi connectivity index (χ3n) is 3.54. The monoisotopic (exact) mass is 338 g/mol. The van der Waals surface area contributed by atoms with E-state index >= 15 is 0 Å². The lowest BCUT2D eigenvalue weighted by molar-refractivity contribution is -0.389. The van der Waals surface area contributed by atoms with Crippen LogP contribution in [0.2, 0.25) is 0 Å². The molecule has 0 aliphatic heterocycles. The second-order valence-electron chi connectivity index (χ2n) is 5.23. The molecule has 1 aromatic heterocycles. The average Bonchev–Trinajstić information content (AvgIpc) is 2.89. The van der Waals surface area contributed by atoms with Crippen LogP contribution in [0.1, 0.15) is 30.8 Å². The molecule has 0 saturated carbocycles. The normalized spacial score (nSPS) is 12.0. The third kappa shape index (κ3) is 3.92. The number of rotatable bonds is 6. The predicted molar refractivity (Wildman–Crippen MR) is 81.2 cm³/mol. The van der Waals surface area contributed by atoms with E-state index in [4.69, 9.17) is 0 Å². The van der Waals surface area contributed by atoms with Gasteiger partial charge in [-0.15, -0.1) is 0 Å². The fourth-order valence-electron chi connectivity index (χ4n) is 2.32. The molecule has 0 aliphatic rings. The molecule has 0 saturated heterocycles. The van der Waals surface area contributed by atoms with Crippen molar-refractivity contribution in [3.05, 3.63) is 57.5 Å². The third-order valence-corrected chi connectivity index (χ3v) is 3.54. The number of amides is 1. The molecule has 7 nitrogen and oxygen atoms in total. The van der Waals surface area contributed by atoms with E-state index in [1.165, 1.54) is 11.5 Å². The number of nitrogens with zero attached hydrogens (tertiary/aromatic N) is 3. The fourth-order valence-corrected chi connectivity index (χ4v) is 2.32. The molecule has 9 heteroatoms. The van der Waals surface area contributed by atoms with Gasteiger partial charge in [0.25, 0.3) is 0 Å². The Morgan fingerprint density at radius 3 is 2.75 bits per heavy atom. The fraction of sp³-hybridized carbons (Fsp3) is 0.333. The van der Waals surface area contributed by atoms with Crippen molar-refractivity contribution in [2.45, 2.75) is 32.9 Å². The molecule has 128 valence electrons. The van der Waals surface area contributed by atoms with Crippen LogP contribution in [0.3, 0.4) is 0 Å². The van der Waals surface area contributed by atoms with Gasteiger partial charge in [-0.25, -0.2) is 8.78 Å². The summed E-state index contributed by atoms with van der Waals surface area (Å²) in [5, 5.41) is 13.3. The summed E-state index contributed by atoms with van der Waals surface area (Å²) in [6, 6.07) is 2.34. The first-order chi connectivity index (χ1) is 11.3. The number of carbonyl (C=O) groups excluding carboxylic acids is 1. The smallest absolute Gasteiger partial charge is 0.358 e. The molecule has 2 aromatic rings. The summed E-state index contributed by atoms with van der Waals surface area (Å²) in [5.74, 6) is -1.75. The molecule has 0 bridgehead atoms. The minimum absolute atomic E-state index is 0.0548. The maximum atomic E-state index is 13.8. The van der Waals surface area contributed by atoms with Crippen LogP contribution in [0.25, 0.3) is 0 Å². The van der Waals surface area contributed by atoms with E-state index in [0.29, 0.717) is 12.2 Å². The Balaban J connectivity index is 2.12. The molecule has 1 heterocycles. The Morgan fingerprint density at radius 2 is 2.17 bits per heavy atom. The van der Waals surface area contributed by atoms with Crippen molar-refractivity contribution in [3.63, 3.8) is 0 Å². The van der Waals surface area contributed by atoms with Gasteiger partial charge in [-0.3, -0.25) is 9.36 Å². The number of nitrogens with one attached hydrogen (secondary N) is 1. The summed E-state index contributed by atoms with van der Waals surface area (Å²) in [7, 11) is 0. The van der Waals surface area contributed by atoms with Crippen LogP contribution in [-0.2, 0) is 11.3 Å². The molecule has 0 spiro atoms. The number of halogens is 2. The number of carbonyl (C=O) groups is 1. The van der Waals surface area contributed by atoms with Gasteiger partial charge in [0.1, 0.15) is 24.4 Å². The van der Waals surface area contributed by atoms with Crippen LogP contribution in [0.4, 0.5) is 14.6 Å². The molecule has 1 aromatic carbocycles. The molecule has 1 atom stereocenters. The molecule has 1 unspecified atom stereocenters. The predicted octanol–water partition coefficient (Wildman–Crippen LogP) is 2.65. The molecular weight excluding hydrogens is 322 g/mol. The van der Waals surface area contributed by atoms with Gasteiger partial charge in [0, 0.05) is 12.5 Å². The second-order valence-corrected chi connectivity index (χ2v) is 5.23. The van der Waals surface area contributed by atoms with E-state index in [-0.39, 0.29) is 17.9 Å². The van der Waals surface area contributed by atoms with Gasteiger partial charge in [0.05, 0.1) is 6.04 Å². The van der Waals surface area contributed by atoms with Crippen LogP contribution < -0.4 is 5.32 Å². The SMILES string of the molecule is CCC(NC(=O)Cn1cc([N+](=O)[O-])nc1C)c1cc(F)ccc1F. The Labute approximate surface area is 136 Å². The van der Waals surface area contributed by atoms with Crippen molar-refractivity contribution in [2.75, 3.05) is 0 Å². The van der Waals surface area contributed by atoms with Crippen LogP contribution in [0.5, 0.6) is 0 Å². The minimum atomic E-state index is -0.702. The van der Waals surface area contributed by atoms with E-state index in [1.54, 1.807) is 6.92 Å². The first kappa shape index (κ1) is 17.5. The topological polar surface area (TPSA) is 90.1 Å². The van der Waals surface area contributed by atoms with E-state index < -0.39 is 28.5 Å². The summed E-state index contributed by atoms with van der Waals surface area (Å²) >= 11 is 0. The lowest BCUT2D eigenvalue weighted by Crippen LogP contribution is -2.32. The zero-order chi connectivity index (χ0) is 17.9. The highest BCUT2D eigenvalue weighted by Gasteiger charge is 2.20. The molecule has 0 aliphatic carbocycles. The van der Waals surface area contributed by atoms with Crippen LogP contribution in [0.15, 0.2) is 24.4 Å². The molecular formula is C15H16F2N4O3. The Bertz CT molecular complexity index is 776. The summed E-state index contributed by atoms with van der Waals surface area (Å²) in [6.07, 6.45) is 1.51. The maximum Gasteiger partial charge on any atom is 0.381 e. The summed E-state index contributed by atoms with van der Waals surface area (Å²) < 4.78 is 28.5. The largest absolute Gasteiger partial charge is 0.381 e. The Kier molecular flexibility index (Phi) is 5.22. The summed E-state index contributed by atoms with van der Waals surface area (Å²) in [4.78, 5) is 25.9. The molecule has 1 N–H and O–H groups in total. The highest BCUT2D eigenvalue weighted by atomic mass is 19.1. The molecule has 0 fully saturated rings. The number of hydrogen-bond donors (Lipinski definition) is 1. The van der Waals surface area contributed by atoms with Crippen molar-refractivity contribution in [1.29, 1.82) is 0 Å². The summed E-state index contributed by atoms with van der Waals surface area (Å²) in [5.41, 5.74) is 0.0548. The van der Waals surface area contributed by atoms with Gasteiger partial charge in [-0.05, 0) is 34.5 Å². The number of hydrogen-bond acceptors (Lipinski definition) is 4. The van der Waals surface area contributed by atoms with E-state index in [1.807, 2.05) is 0 Å². The standard InChI is InChI=1S/C15H16F2N4O3/c1-3-13(11-6-10(16)4-5-12(11)17)19-15(22)8-20-7-14(21(23)24)18-9(20)2/h4-7,13H,3,8H2,1-2H3,(H,19,22).